The van der Waals surface area contributed by atoms with Crippen molar-refractivity contribution in [3.8, 4) is 0 Å². The van der Waals surface area contributed by atoms with Gasteiger partial charge in [-0.3, -0.25) is 9.89 Å². The molecule has 1 amide bonds. The molecule has 2 rings (SSSR count). The zero-order chi connectivity index (χ0) is 12.1. The van der Waals surface area contributed by atoms with Gasteiger partial charge in [-0.2, -0.15) is 5.10 Å². The molecule has 1 aromatic heterocycles. The maximum Gasteiger partial charge on any atom is 0.223 e. The first-order valence-corrected chi connectivity index (χ1v) is 6.26. The first kappa shape index (κ1) is 12.1. The van der Waals surface area contributed by atoms with Crippen molar-refractivity contribution in [2.45, 2.75) is 32.2 Å². The van der Waals surface area contributed by atoms with Gasteiger partial charge in [0.2, 0.25) is 5.91 Å². The molecule has 1 fully saturated rings. The minimum Gasteiger partial charge on any atom is -0.352 e. The lowest BCUT2D eigenvalue weighted by Gasteiger charge is -2.29. The van der Waals surface area contributed by atoms with Gasteiger partial charge in [-0.05, 0) is 25.3 Å². The van der Waals surface area contributed by atoms with Gasteiger partial charge in [0.05, 0.1) is 6.20 Å². The maximum atomic E-state index is 12.1. The number of aromatic amines is 1. The van der Waals surface area contributed by atoms with Crippen molar-refractivity contribution in [1.82, 2.24) is 15.5 Å². The van der Waals surface area contributed by atoms with E-state index >= 15 is 0 Å². The molecular formula is C12H20N4O. The molecule has 2 atom stereocenters. The number of nitrogens with zero attached hydrogens (tertiary/aromatic N) is 1. The van der Waals surface area contributed by atoms with Crippen LogP contribution in [0.15, 0.2) is 12.4 Å². The van der Waals surface area contributed by atoms with Crippen LogP contribution in [0.1, 0.15) is 31.2 Å². The summed E-state index contributed by atoms with van der Waals surface area (Å²) in [6, 6.07) is 0. The average molecular weight is 236 g/mol. The normalized spacial score (nSPS) is 24.5. The van der Waals surface area contributed by atoms with E-state index in [0.29, 0.717) is 19.0 Å². The minimum atomic E-state index is 0.0978. The molecule has 4 N–H and O–H groups in total. The fraction of sp³-hybridized carbons (Fsp3) is 0.667. The quantitative estimate of drug-likeness (QED) is 0.722. The highest BCUT2D eigenvalue weighted by Gasteiger charge is 2.29. The molecule has 5 nitrogen and oxygen atoms in total. The van der Waals surface area contributed by atoms with E-state index in [0.717, 1.165) is 24.8 Å². The molecule has 0 saturated heterocycles. The second-order valence-corrected chi connectivity index (χ2v) is 4.71. The van der Waals surface area contributed by atoms with Gasteiger partial charge in [0.1, 0.15) is 0 Å². The average Bonchev–Trinajstić information content (AvgIpc) is 2.89. The summed E-state index contributed by atoms with van der Waals surface area (Å²) >= 11 is 0. The van der Waals surface area contributed by atoms with Gasteiger partial charge in [0, 0.05) is 24.2 Å². The van der Waals surface area contributed by atoms with Gasteiger partial charge < -0.3 is 11.1 Å². The summed E-state index contributed by atoms with van der Waals surface area (Å²) in [5, 5.41) is 9.54. The first-order chi connectivity index (χ1) is 8.31. The third-order valence-electron chi connectivity index (χ3n) is 3.57. The number of nitrogens with two attached hydrogens (primary N) is 1. The molecule has 0 aromatic carbocycles. The highest BCUT2D eigenvalue weighted by molar-refractivity contribution is 5.79. The van der Waals surface area contributed by atoms with Crippen LogP contribution < -0.4 is 11.1 Å². The largest absolute Gasteiger partial charge is 0.352 e. The van der Waals surface area contributed by atoms with Crippen LogP contribution in [-0.4, -0.2) is 22.6 Å². The van der Waals surface area contributed by atoms with Crippen LogP contribution in [0.4, 0.5) is 0 Å². The molecule has 17 heavy (non-hydrogen) atoms. The summed E-state index contributed by atoms with van der Waals surface area (Å²) in [6.07, 6.45) is 7.91. The lowest BCUT2D eigenvalue weighted by Crippen LogP contribution is -2.39. The SMILES string of the molecule is NCC1CCCCC1C(=O)NCc1cn[nH]c1. The van der Waals surface area contributed by atoms with E-state index in [-0.39, 0.29) is 11.8 Å². The molecule has 1 aliphatic carbocycles. The molecule has 1 saturated carbocycles. The summed E-state index contributed by atoms with van der Waals surface area (Å²) in [6.45, 7) is 1.16. The Balaban J connectivity index is 1.85. The third kappa shape index (κ3) is 3.06. The highest BCUT2D eigenvalue weighted by Crippen LogP contribution is 2.29. The van der Waals surface area contributed by atoms with Gasteiger partial charge in [-0.25, -0.2) is 0 Å². The second-order valence-electron chi connectivity index (χ2n) is 4.71. The third-order valence-corrected chi connectivity index (χ3v) is 3.57. The minimum absolute atomic E-state index is 0.0978. The highest BCUT2D eigenvalue weighted by atomic mass is 16.1. The number of aromatic nitrogens is 2. The molecule has 0 radical (unpaired) electrons. The van der Waals surface area contributed by atoms with Crippen LogP contribution in [0.5, 0.6) is 0 Å². The van der Waals surface area contributed by atoms with E-state index in [1.54, 1.807) is 12.4 Å². The lowest BCUT2D eigenvalue weighted by atomic mass is 9.79. The molecule has 2 unspecified atom stereocenters. The number of carbonyl (C=O) groups excluding carboxylic acids is 1. The van der Waals surface area contributed by atoms with Crippen molar-refractivity contribution in [3.05, 3.63) is 18.0 Å². The van der Waals surface area contributed by atoms with Crippen molar-refractivity contribution in [2.75, 3.05) is 6.54 Å². The predicted molar refractivity (Wildman–Crippen MR) is 64.9 cm³/mol. The Morgan fingerprint density at radius 1 is 1.53 bits per heavy atom. The number of rotatable bonds is 4. The van der Waals surface area contributed by atoms with Crippen LogP contribution in [0, 0.1) is 11.8 Å². The van der Waals surface area contributed by atoms with Gasteiger partial charge in [0.15, 0.2) is 0 Å². The summed E-state index contributed by atoms with van der Waals surface area (Å²) in [4.78, 5) is 12.1. The molecule has 94 valence electrons. The van der Waals surface area contributed by atoms with Gasteiger partial charge in [-0.1, -0.05) is 12.8 Å². The van der Waals surface area contributed by atoms with Gasteiger partial charge >= 0.3 is 0 Å². The Morgan fingerprint density at radius 2 is 2.35 bits per heavy atom. The molecule has 1 aromatic rings. The lowest BCUT2D eigenvalue weighted by molar-refractivity contribution is -0.127. The summed E-state index contributed by atoms with van der Waals surface area (Å²) in [7, 11) is 0. The van der Waals surface area contributed by atoms with Gasteiger partial charge in [-0.15, -0.1) is 0 Å². The van der Waals surface area contributed by atoms with Crippen molar-refractivity contribution < 1.29 is 4.79 Å². The Labute approximate surface area is 101 Å². The van der Waals surface area contributed by atoms with Crippen molar-refractivity contribution in [3.63, 3.8) is 0 Å². The second kappa shape index (κ2) is 5.82. The van der Waals surface area contributed by atoms with E-state index in [9.17, 15) is 4.79 Å². The molecule has 0 bridgehead atoms. The molecule has 1 aliphatic rings. The predicted octanol–water partition coefficient (Wildman–Crippen LogP) is 0.791. The van der Waals surface area contributed by atoms with Crippen molar-refractivity contribution in [2.24, 2.45) is 17.6 Å². The summed E-state index contributed by atoms with van der Waals surface area (Å²) < 4.78 is 0. The smallest absolute Gasteiger partial charge is 0.223 e. The Morgan fingerprint density at radius 3 is 3.06 bits per heavy atom. The number of amides is 1. The topological polar surface area (TPSA) is 83.8 Å². The fourth-order valence-electron chi connectivity index (χ4n) is 2.53. The number of hydrogen-bond donors (Lipinski definition) is 3. The number of H-pyrrole nitrogens is 1. The van der Waals surface area contributed by atoms with Crippen LogP contribution in [-0.2, 0) is 11.3 Å². The molecular weight excluding hydrogens is 216 g/mol. The van der Waals surface area contributed by atoms with Crippen LogP contribution in [0.25, 0.3) is 0 Å². The Hall–Kier alpha value is -1.36. The number of carbonyl (C=O) groups is 1. The van der Waals surface area contributed by atoms with Crippen LogP contribution in [0.3, 0.4) is 0 Å². The fourth-order valence-corrected chi connectivity index (χ4v) is 2.53. The molecule has 0 spiro atoms. The van der Waals surface area contributed by atoms with Crippen LogP contribution >= 0.6 is 0 Å². The van der Waals surface area contributed by atoms with E-state index in [4.69, 9.17) is 5.73 Å². The zero-order valence-corrected chi connectivity index (χ0v) is 9.98. The number of nitrogens with one attached hydrogen (secondary N) is 2. The zero-order valence-electron chi connectivity index (χ0n) is 9.98. The monoisotopic (exact) mass is 236 g/mol. The van der Waals surface area contributed by atoms with Gasteiger partial charge in [0.25, 0.3) is 0 Å². The summed E-state index contributed by atoms with van der Waals surface area (Å²) in [5.74, 6) is 0.593. The van der Waals surface area contributed by atoms with Crippen LogP contribution in [0.2, 0.25) is 0 Å². The Bertz CT molecular complexity index is 349. The standard InChI is InChI=1S/C12H20N4O/c13-5-10-3-1-2-4-11(10)12(17)14-6-9-7-15-16-8-9/h7-8,10-11H,1-6,13H2,(H,14,17)(H,15,16). The van der Waals surface area contributed by atoms with E-state index in [2.05, 4.69) is 15.5 Å². The molecule has 5 heteroatoms. The molecule has 0 aliphatic heterocycles. The summed E-state index contributed by atoms with van der Waals surface area (Å²) in [5.41, 5.74) is 6.73. The van der Waals surface area contributed by atoms with Crippen molar-refractivity contribution >= 4 is 5.91 Å². The van der Waals surface area contributed by atoms with Crippen molar-refractivity contribution in [1.29, 1.82) is 0 Å². The van der Waals surface area contributed by atoms with E-state index in [1.807, 2.05) is 0 Å². The van der Waals surface area contributed by atoms with E-state index in [1.165, 1.54) is 6.42 Å². The first-order valence-electron chi connectivity index (χ1n) is 6.26. The Kier molecular flexibility index (Phi) is 4.14. The maximum absolute atomic E-state index is 12.1. The van der Waals surface area contributed by atoms with E-state index < -0.39 is 0 Å². The molecule has 1 heterocycles. The number of hydrogen-bond acceptors (Lipinski definition) is 3.